The van der Waals surface area contributed by atoms with Gasteiger partial charge in [-0.1, -0.05) is 30.3 Å². The number of nitrogens with zero attached hydrogens (tertiary/aromatic N) is 2. The number of methoxy groups -OCH3 is 2. The molecule has 1 fully saturated rings. The molecule has 10 heteroatoms. The van der Waals surface area contributed by atoms with Crippen molar-refractivity contribution < 1.29 is 22.7 Å². The second-order valence-corrected chi connectivity index (χ2v) is 12.1. The molecule has 0 aliphatic carbocycles. The lowest BCUT2D eigenvalue weighted by atomic mass is 10.1. The molecule has 1 heterocycles. The summed E-state index contributed by atoms with van der Waals surface area (Å²) in [6.45, 7) is 6.36. The van der Waals surface area contributed by atoms with Crippen molar-refractivity contribution >= 4 is 33.0 Å². The van der Waals surface area contributed by atoms with Gasteiger partial charge in [-0.2, -0.15) is 0 Å². The summed E-state index contributed by atoms with van der Waals surface area (Å²) in [7, 11) is -0.667. The van der Waals surface area contributed by atoms with Crippen molar-refractivity contribution in [3.8, 4) is 11.5 Å². The van der Waals surface area contributed by atoms with Gasteiger partial charge in [0.2, 0.25) is 0 Å². The van der Waals surface area contributed by atoms with E-state index in [0.29, 0.717) is 22.7 Å². The van der Waals surface area contributed by atoms with Crippen LogP contribution in [-0.2, 0) is 16.6 Å². The van der Waals surface area contributed by atoms with Gasteiger partial charge >= 0.3 is 0 Å². The van der Waals surface area contributed by atoms with Crippen LogP contribution in [0.2, 0.25) is 0 Å². The summed E-state index contributed by atoms with van der Waals surface area (Å²) in [5.74, 6) is 1.05. The molecule has 1 aliphatic heterocycles. The first kappa shape index (κ1) is 29.9. The highest BCUT2D eigenvalue weighted by atomic mass is 32.2. The molecule has 0 unspecified atom stereocenters. The van der Waals surface area contributed by atoms with E-state index in [9.17, 15) is 13.2 Å². The summed E-state index contributed by atoms with van der Waals surface area (Å²) in [6, 6.07) is 27.0. The number of anilines is 3. The van der Waals surface area contributed by atoms with Crippen LogP contribution < -0.4 is 24.4 Å². The van der Waals surface area contributed by atoms with Gasteiger partial charge in [0.1, 0.15) is 11.5 Å². The quantitative estimate of drug-likeness (QED) is 0.252. The first-order valence-electron chi connectivity index (χ1n) is 14.0. The maximum atomic E-state index is 13.0. The summed E-state index contributed by atoms with van der Waals surface area (Å²) in [6.07, 6.45) is 0. The van der Waals surface area contributed by atoms with Crippen LogP contribution in [0.5, 0.6) is 11.5 Å². The molecule has 9 nitrogen and oxygen atoms in total. The van der Waals surface area contributed by atoms with E-state index in [1.807, 2.05) is 55.5 Å². The van der Waals surface area contributed by atoms with Crippen molar-refractivity contribution in [2.45, 2.75) is 18.4 Å². The summed E-state index contributed by atoms with van der Waals surface area (Å²) >= 11 is 0. The molecule has 1 amide bonds. The normalized spacial score (nSPS) is 13.8. The van der Waals surface area contributed by atoms with Crippen LogP contribution >= 0.6 is 0 Å². The van der Waals surface area contributed by atoms with Crippen LogP contribution in [0.25, 0.3) is 0 Å². The zero-order valence-electron chi connectivity index (χ0n) is 24.5. The third-order valence-electron chi connectivity index (χ3n) is 7.44. The van der Waals surface area contributed by atoms with Crippen LogP contribution in [0.15, 0.2) is 95.9 Å². The number of amides is 1. The number of hydrogen-bond acceptors (Lipinski definition) is 7. The molecule has 0 aromatic heterocycles. The van der Waals surface area contributed by atoms with Gasteiger partial charge in [-0.15, -0.1) is 0 Å². The molecular weight excluding hydrogens is 564 g/mol. The Bertz CT molecular complexity index is 1670. The van der Waals surface area contributed by atoms with Crippen molar-refractivity contribution in [1.82, 2.24) is 4.90 Å². The number of hydrogen-bond donors (Lipinski definition) is 2. The number of aryl methyl sites for hydroxylation is 1. The highest BCUT2D eigenvalue weighted by Gasteiger charge is 2.20. The van der Waals surface area contributed by atoms with E-state index in [2.05, 4.69) is 25.9 Å². The number of benzene rings is 4. The Morgan fingerprint density at radius 1 is 0.814 bits per heavy atom. The maximum Gasteiger partial charge on any atom is 0.262 e. The lowest BCUT2D eigenvalue weighted by Gasteiger charge is -2.36. The molecule has 1 saturated heterocycles. The smallest absolute Gasteiger partial charge is 0.262 e. The van der Waals surface area contributed by atoms with Gasteiger partial charge in [-0.3, -0.25) is 14.4 Å². The Morgan fingerprint density at radius 2 is 1.49 bits per heavy atom. The van der Waals surface area contributed by atoms with Crippen molar-refractivity contribution in [1.29, 1.82) is 0 Å². The first-order chi connectivity index (χ1) is 20.8. The van der Waals surface area contributed by atoms with Crippen molar-refractivity contribution in [2.24, 2.45) is 0 Å². The topological polar surface area (TPSA) is 100 Å². The fraction of sp³-hybridized carbons (Fsp3) is 0.242. The molecule has 0 saturated carbocycles. The Kier molecular flexibility index (Phi) is 9.18. The predicted molar refractivity (Wildman–Crippen MR) is 170 cm³/mol. The van der Waals surface area contributed by atoms with Crippen molar-refractivity contribution in [3.05, 3.63) is 108 Å². The Hall–Kier alpha value is -4.54. The average Bonchev–Trinajstić information content (AvgIpc) is 3.02. The van der Waals surface area contributed by atoms with E-state index in [-0.39, 0.29) is 10.8 Å². The third kappa shape index (κ3) is 7.28. The van der Waals surface area contributed by atoms with Crippen molar-refractivity contribution in [2.75, 3.05) is 55.3 Å². The molecule has 43 heavy (non-hydrogen) atoms. The second kappa shape index (κ2) is 13.2. The molecular formula is C33H36N4O5S. The van der Waals surface area contributed by atoms with Gasteiger partial charge in [-0.25, -0.2) is 8.42 Å². The number of ether oxygens (including phenoxy) is 2. The number of rotatable bonds is 10. The molecule has 0 spiro atoms. The number of carbonyl (C=O) groups excluding carboxylic acids is 1. The summed E-state index contributed by atoms with van der Waals surface area (Å²) < 4.78 is 39.3. The summed E-state index contributed by atoms with van der Waals surface area (Å²) in [5.41, 5.74) is 4.53. The molecule has 5 rings (SSSR count). The summed E-state index contributed by atoms with van der Waals surface area (Å²) in [5, 5.41) is 2.84. The first-order valence-corrected chi connectivity index (χ1v) is 15.5. The molecule has 0 atom stereocenters. The number of para-hydroxylation sites is 2. The van der Waals surface area contributed by atoms with Crippen molar-refractivity contribution in [3.63, 3.8) is 0 Å². The Labute approximate surface area is 253 Å². The average molecular weight is 601 g/mol. The minimum atomic E-state index is -3.85. The minimum Gasteiger partial charge on any atom is -0.495 e. The molecule has 224 valence electrons. The van der Waals surface area contributed by atoms with E-state index in [4.69, 9.17) is 9.47 Å². The van der Waals surface area contributed by atoms with Gasteiger partial charge in [0.25, 0.3) is 15.9 Å². The predicted octanol–water partition coefficient (Wildman–Crippen LogP) is 5.39. The SMILES string of the molecule is COc1ccc(C)cc1NS(=O)(=O)c1ccc(NC(=O)c2ccc(CN3CCN(c4ccccc4OC)CC3)cc2)cc1. The fourth-order valence-corrected chi connectivity index (χ4v) is 6.14. The molecule has 2 N–H and O–H groups in total. The van der Waals surface area contributed by atoms with Crippen LogP contribution in [0, 0.1) is 6.92 Å². The van der Waals surface area contributed by atoms with Gasteiger partial charge in [-0.05, 0) is 78.7 Å². The Balaban J connectivity index is 1.14. The van der Waals surface area contributed by atoms with E-state index >= 15 is 0 Å². The molecule has 0 radical (unpaired) electrons. The van der Waals surface area contributed by atoms with Gasteiger partial charge in [0.05, 0.1) is 30.5 Å². The number of nitrogens with one attached hydrogen (secondary N) is 2. The number of piperazine rings is 1. The number of sulfonamides is 1. The number of carbonyl (C=O) groups is 1. The highest BCUT2D eigenvalue weighted by Crippen LogP contribution is 2.29. The largest absolute Gasteiger partial charge is 0.495 e. The monoisotopic (exact) mass is 600 g/mol. The summed E-state index contributed by atoms with van der Waals surface area (Å²) in [4.78, 5) is 17.7. The molecule has 4 aromatic rings. The zero-order valence-corrected chi connectivity index (χ0v) is 25.4. The minimum absolute atomic E-state index is 0.0714. The van der Waals surface area contributed by atoms with Crippen LogP contribution in [-0.4, -0.2) is 59.6 Å². The molecule has 1 aliphatic rings. The second-order valence-electron chi connectivity index (χ2n) is 10.4. The fourth-order valence-electron chi connectivity index (χ4n) is 5.08. The van der Waals surface area contributed by atoms with Crippen LogP contribution in [0.3, 0.4) is 0 Å². The maximum absolute atomic E-state index is 13.0. The zero-order chi connectivity index (χ0) is 30.4. The van der Waals surface area contributed by atoms with Crippen LogP contribution in [0.4, 0.5) is 17.1 Å². The Morgan fingerprint density at radius 3 is 2.16 bits per heavy atom. The molecule has 4 aromatic carbocycles. The van der Waals surface area contributed by atoms with Gasteiger partial charge < -0.3 is 19.7 Å². The van der Waals surface area contributed by atoms with E-state index in [0.717, 1.165) is 55.3 Å². The van der Waals surface area contributed by atoms with Gasteiger partial charge in [0, 0.05) is 44.0 Å². The molecule has 0 bridgehead atoms. The lowest BCUT2D eigenvalue weighted by molar-refractivity contribution is 0.102. The van der Waals surface area contributed by atoms with E-state index < -0.39 is 10.0 Å². The highest BCUT2D eigenvalue weighted by molar-refractivity contribution is 7.92. The standard InChI is InChI=1S/C33H36N4O5S/c1-24-8-17-31(41-2)29(22-24)35-43(39,40)28-15-13-27(14-16-28)34-33(38)26-11-9-25(10-12-26)23-36-18-20-37(21-19-36)30-6-4-5-7-32(30)42-3/h4-17,22,35H,18-21,23H2,1-3H3,(H,34,38). The van der Waals surface area contributed by atoms with Crippen LogP contribution in [0.1, 0.15) is 21.5 Å². The van der Waals surface area contributed by atoms with E-state index in [1.165, 1.54) is 19.2 Å². The van der Waals surface area contributed by atoms with Gasteiger partial charge in [0.15, 0.2) is 0 Å². The van der Waals surface area contributed by atoms with E-state index in [1.54, 1.807) is 31.4 Å². The lowest BCUT2D eigenvalue weighted by Crippen LogP contribution is -2.46. The third-order valence-corrected chi connectivity index (χ3v) is 8.82.